The predicted molar refractivity (Wildman–Crippen MR) is 65.0 cm³/mol. The first-order valence-corrected chi connectivity index (χ1v) is 6.62. The molecule has 88 valence electrons. The highest BCUT2D eigenvalue weighted by Crippen LogP contribution is 2.29. The molecule has 0 spiro atoms. The lowest BCUT2D eigenvalue weighted by Crippen LogP contribution is -2.31. The average Bonchev–Trinajstić information content (AvgIpc) is 2.69. The number of nitrogens with one attached hydrogen (secondary N) is 1. The summed E-state index contributed by atoms with van der Waals surface area (Å²) in [5.74, 6) is -0.0414. The summed E-state index contributed by atoms with van der Waals surface area (Å²) in [6.07, 6.45) is 4.07. The monoisotopic (exact) mass is 239 g/mol. The molecule has 0 saturated heterocycles. The third-order valence-corrected chi connectivity index (χ3v) is 3.95. The van der Waals surface area contributed by atoms with E-state index in [0.29, 0.717) is 6.54 Å². The summed E-state index contributed by atoms with van der Waals surface area (Å²) in [7, 11) is 0. The number of rotatable bonds is 3. The van der Waals surface area contributed by atoms with Crippen LogP contribution in [0, 0.1) is 0 Å². The number of hydrogen-bond donors (Lipinski definition) is 2. The highest BCUT2D eigenvalue weighted by atomic mass is 32.1. The molecule has 4 heteroatoms. The summed E-state index contributed by atoms with van der Waals surface area (Å²) < 4.78 is 0. The molecule has 16 heavy (non-hydrogen) atoms. The van der Waals surface area contributed by atoms with Gasteiger partial charge in [0.15, 0.2) is 0 Å². The molecule has 1 amide bonds. The minimum atomic E-state index is -0.488. The molecule has 0 saturated carbocycles. The predicted octanol–water partition coefficient (Wildman–Crippen LogP) is 1.74. The van der Waals surface area contributed by atoms with E-state index in [1.54, 1.807) is 18.3 Å². The van der Waals surface area contributed by atoms with Gasteiger partial charge < -0.3 is 10.4 Å². The Balaban J connectivity index is 2.08. The Morgan fingerprint density at radius 1 is 1.56 bits per heavy atom. The smallest absolute Gasteiger partial charge is 0.252 e. The molecule has 2 N–H and O–H groups in total. The fraction of sp³-hybridized carbons (Fsp3) is 0.583. The average molecular weight is 239 g/mol. The summed E-state index contributed by atoms with van der Waals surface area (Å²) in [6.45, 7) is 1.99. The second-order valence-electron chi connectivity index (χ2n) is 4.32. The molecular weight excluding hydrogens is 222 g/mol. The first-order valence-electron chi connectivity index (χ1n) is 5.74. The molecule has 0 bridgehead atoms. The number of carbonyl (C=O) groups excluding carboxylic acids is 1. The van der Waals surface area contributed by atoms with Gasteiger partial charge in [-0.05, 0) is 38.2 Å². The Morgan fingerprint density at radius 2 is 2.31 bits per heavy atom. The number of aliphatic hydroxyl groups excluding tert-OH is 1. The lowest BCUT2D eigenvalue weighted by molar-refractivity contribution is 0.0923. The maximum absolute atomic E-state index is 11.9. The van der Waals surface area contributed by atoms with E-state index < -0.39 is 6.10 Å². The van der Waals surface area contributed by atoms with Crippen LogP contribution in [0.2, 0.25) is 0 Å². The van der Waals surface area contributed by atoms with E-state index in [-0.39, 0.29) is 5.91 Å². The van der Waals surface area contributed by atoms with Crippen LogP contribution in [-0.4, -0.2) is 23.7 Å². The summed E-state index contributed by atoms with van der Waals surface area (Å²) in [4.78, 5) is 13.2. The van der Waals surface area contributed by atoms with Crippen LogP contribution >= 0.6 is 11.3 Å². The number of hydrogen-bond acceptors (Lipinski definition) is 3. The van der Waals surface area contributed by atoms with E-state index in [2.05, 4.69) is 5.32 Å². The minimum Gasteiger partial charge on any atom is -0.392 e. The Bertz CT molecular complexity index is 384. The van der Waals surface area contributed by atoms with Gasteiger partial charge in [0.05, 0.1) is 11.7 Å². The van der Waals surface area contributed by atoms with E-state index in [4.69, 9.17) is 5.11 Å². The zero-order valence-electron chi connectivity index (χ0n) is 9.45. The van der Waals surface area contributed by atoms with E-state index in [0.717, 1.165) is 18.4 Å². The van der Waals surface area contributed by atoms with Gasteiger partial charge in [0.1, 0.15) is 0 Å². The van der Waals surface area contributed by atoms with Gasteiger partial charge in [-0.2, -0.15) is 0 Å². The number of aliphatic hydroxyl groups is 1. The molecule has 0 radical (unpaired) electrons. The molecule has 1 heterocycles. The number of thiophene rings is 1. The van der Waals surface area contributed by atoms with Crippen LogP contribution in [0.25, 0.3) is 0 Å². The zero-order valence-corrected chi connectivity index (χ0v) is 10.3. The zero-order chi connectivity index (χ0) is 11.5. The lowest BCUT2D eigenvalue weighted by Gasteiger charge is -2.13. The van der Waals surface area contributed by atoms with E-state index in [1.807, 2.05) is 5.38 Å². The van der Waals surface area contributed by atoms with Gasteiger partial charge in [0.2, 0.25) is 0 Å². The first-order chi connectivity index (χ1) is 7.68. The number of aryl methyl sites for hydroxylation is 1. The van der Waals surface area contributed by atoms with E-state index in [9.17, 15) is 4.79 Å². The topological polar surface area (TPSA) is 49.3 Å². The van der Waals surface area contributed by atoms with Crippen LogP contribution in [0.15, 0.2) is 5.38 Å². The van der Waals surface area contributed by atoms with Gasteiger partial charge in [0.25, 0.3) is 5.91 Å². The van der Waals surface area contributed by atoms with Gasteiger partial charge in [-0.25, -0.2) is 0 Å². The molecule has 1 aromatic rings. The van der Waals surface area contributed by atoms with Crippen molar-refractivity contribution in [1.82, 2.24) is 5.32 Å². The fourth-order valence-corrected chi connectivity index (χ4v) is 3.15. The Morgan fingerprint density at radius 3 is 3.06 bits per heavy atom. The number of fused-ring (bicyclic) bond motifs is 1. The van der Waals surface area contributed by atoms with Crippen molar-refractivity contribution in [3.05, 3.63) is 21.4 Å². The van der Waals surface area contributed by atoms with E-state index >= 15 is 0 Å². The third-order valence-electron chi connectivity index (χ3n) is 2.86. The Hall–Kier alpha value is -0.870. The highest BCUT2D eigenvalue weighted by molar-refractivity contribution is 7.10. The largest absolute Gasteiger partial charge is 0.392 e. The Kier molecular flexibility index (Phi) is 3.61. The number of carbonyl (C=O) groups is 1. The second-order valence-corrected chi connectivity index (χ2v) is 5.28. The summed E-state index contributed by atoms with van der Waals surface area (Å²) in [6, 6.07) is 0. The normalized spacial score (nSPS) is 16.6. The SMILES string of the molecule is C[C@@H](O)CNC(=O)c1csc2c1CCCC2. The lowest BCUT2D eigenvalue weighted by atomic mass is 9.95. The molecule has 2 rings (SSSR count). The van der Waals surface area contributed by atoms with Crippen LogP contribution in [-0.2, 0) is 12.8 Å². The van der Waals surface area contributed by atoms with Gasteiger partial charge in [0, 0.05) is 16.8 Å². The first kappa shape index (κ1) is 11.6. The van der Waals surface area contributed by atoms with Crippen LogP contribution < -0.4 is 5.32 Å². The third kappa shape index (κ3) is 2.44. The highest BCUT2D eigenvalue weighted by Gasteiger charge is 2.19. The van der Waals surface area contributed by atoms with Gasteiger partial charge in [-0.15, -0.1) is 11.3 Å². The van der Waals surface area contributed by atoms with Crippen LogP contribution in [0.5, 0.6) is 0 Å². The fourth-order valence-electron chi connectivity index (χ4n) is 2.02. The maximum Gasteiger partial charge on any atom is 0.252 e. The molecule has 1 aromatic heterocycles. The van der Waals surface area contributed by atoms with Crippen molar-refractivity contribution in [2.24, 2.45) is 0 Å². The van der Waals surface area contributed by atoms with Gasteiger partial charge >= 0.3 is 0 Å². The molecular formula is C12H17NO2S. The molecule has 1 atom stereocenters. The van der Waals surface area contributed by atoms with Crippen molar-refractivity contribution in [1.29, 1.82) is 0 Å². The summed E-state index contributed by atoms with van der Waals surface area (Å²) in [5.41, 5.74) is 2.06. The summed E-state index contributed by atoms with van der Waals surface area (Å²) >= 11 is 1.69. The molecule has 3 nitrogen and oxygen atoms in total. The minimum absolute atomic E-state index is 0.0414. The van der Waals surface area contributed by atoms with Gasteiger partial charge in [-0.1, -0.05) is 0 Å². The van der Waals surface area contributed by atoms with E-state index in [1.165, 1.54) is 23.3 Å². The van der Waals surface area contributed by atoms with Crippen LogP contribution in [0.1, 0.15) is 40.6 Å². The van der Waals surface area contributed by atoms with Crippen molar-refractivity contribution in [3.8, 4) is 0 Å². The molecule has 0 aliphatic heterocycles. The standard InChI is InChI=1S/C12H17NO2S/c1-8(14)6-13-12(15)10-7-16-11-5-3-2-4-9(10)11/h7-8,14H,2-6H2,1H3,(H,13,15)/t8-/m1/s1. The van der Waals surface area contributed by atoms with Crippen molar-refractivity contribution in [3.63, 3.8) is 0 Å². The number of amides is 1. The van der Waals surface area contributed by atoms with Crippen LogP contribution in [0.4, 0.5) is 0 Å². The maximum atomic E-state index is 11.9. The molecule has 0 fully saturated rings. The van der Waals surface area contributed by atoms with Crippen molar-refractivity contribution in [2.75, 3.05) is 6.54 Å². The van der Waals surface area contributed by atoms with Crippen LogP contribution in [0.3, 0.4) is 0 Å². The Labute approximate surface area is 99.5 Å². The molecule has 1 aliphatic rings. The molecule has 0 aromatic carbocycles. The van der Waals surface area contributed by atoms with Crippen molar-refractivity contribution >= 4 is 17.2 Å². The quantitative estimate of drug-likeness (QED) is 0.844. The summed E-state index contributed by atoms with van der Waals surface area (Å²) in [5, 5.41) is 13.8. The van der Waals surface area contributed by atoms with Gasteiger partial charge in [-0.3, -0.25) is 4.79 Å². The molecule has 1 aliphatic carbocycles. The van der Waals surface area contributed by atoms with Crippen molar-refractivity contribution in [2.45, 2.75) is 38.7 Å². The second kappa shape index (κ2) is 4.97. The van der Waals surface area contributed by atoms with Crippen molar-refractivity contribution < 1.29 is 9.90 Å². The molecule has 0 unspecified atom stereocenters.